The van der Waals surface area contributed by atoms with Crippen LogP contribution in [-0.4, -0.2) is 16.3 Å². The molecule has 0 amide bonds. The predicted octanol–water partition coefficient (Wildman–Crippen LogP) is 3.75. The smallest absolute Gasteiger partial charge is 0.115 e. The molecule has 4 aliphatic carbocycles. The van der Waals surface area contributed by atoms with Crippen molar-refractivity contribution in [2.45, 2.75) is 45.1 Å². The van der Waals surface area contributed by atoms with Crippen molar-refractivity contribution in [3.05, 3.63) is 35.6 Å². The molecule has 6 atom stereocenters. The van der Waals surface area contributed by atoms with Gasteiger partial charge in [0.05, 0.1) is 6.10 Å². The second-order valence-corrected chi connectivity index (χ2v) is 7.47. The van der Waals surface area contributed by atoms with Crippen LogP contribution in [0.2, 0.25) is 0 Å². The fraction of sp³-hybridized carbons (Fsp3) is 0.667. The molecule has 108 valence electrons. The van der Waals surface area contributed by atoms with Crippen molar-refractivity contribution in [2.24, 2.45) is 29.1 Å². The Kier molecular flexibility index (Phi) is 2.69. The average Bonchev–Trinajstić information content (AvgIpc) is 2.74. The van der Waals surface area contributed by atoms with Crippen LogP contribution in [0.1, 0.15) is 39.0 Å². The lowest BCUT2D eigenvalue weighted by Crippen LogP contribution is -2.46. The molecule has 0 heterocycles. The van der Waals surface area contributed by atoms with E-state index in [-0.39, 0.29) is 11.5 Å². The Bertz CT molecular complexity index is 516. The molecule has 0 aliphatic heterocycles. The lowest BCUT2D eigenvalue weighted by Gasteiger charge is -2.51. The zero-order valence-corrected chi connectivity index (χ0v) is 12.1. The van der Waals surface area contributed by atoms with Gasteiger partial charge in [-0.3, -0.25) is 0 Å². The summed E-state index contributed by atoms with van der Waals surface area (Å²) in [5, 5.41) is 20.0. The number of aliphatic hydroxyl groups is 2. The van der Waals surface area contributed by atoms with E-state index in [2.05, 4.69) is 19.1 Å². The van der Waals surface area contributed by atoms with Crippen molar-refractivity contribution in [1.82, 2.24) is 0 Å². The summed E-state index contributed by atoms with van der Waals surface area (Å²) in [6.07, 6.45) is 13.9. The van der Waals surface area contributed by atoms with Gasteiger partial charge in [-0.1, -0.05) is 19.1 Å². The van der Waals surface area contributed by atoms with Crippen molar-refractivity contribution in [2.75, 3.05) is 0 Å². The fourth-order valence-electron chi connectivity index (χ4n) is 5.56. The molecule has 2 N–H and O–H groups in total. The predicted molar refractivity (Wildman–Crippen MR) is 79.1 cm³/mol. The summed E-state index contributed by atoms with van der Waals surface area (Å²) in [6.45, 7) is 2.31. The van der Waals surface area contributed by atoms with Gasteiger partial charge in [0.2, 0.25) is 0 Å². The number of fused-ring (bicyclic) bond motifs is 5. The van der Waals surface area contributed by atoms with Crippen molar-refractivity contribution >= 4 is 0 Å². The Morgan fingerprint density at radius 1 is 1.20 bits per heavy atom. The largest absolute Gasteiger partial charge is 0.508 e. The molecule has 0 spiro atoms. The molecule has 0 aromatic heterocycles. The van der Waals surface area contributed by atoms with Gasteiger partial charge in [-0.25, -0.2) is 0 Å². The highest BCUT2D eigenvalue weighted by atomic mass is 16.3. The van der Waals surface area contributed by atoms with E-state index >= 15 is 0 Å². The Balaban J connectivity index is 1.68. The first kappa shape index (κ1) is 12.7. The lowest BCUT2D eigenvalue weighted by atomic mass is 9.54. The van der Waals surface area contributed by atoms with Crippen molar-refractivity contribution in [1.29, 1.82) is 0 Å². The summed E-state index contributed by atoms with van der Waals surface area (Å²) < 4.78 is 0. The number of hydrogen-bond donors (Lipinski definition) is 2. The van der Waals surface area contributed by atoms with E-state index < -0.39 is 0 Å². The third-order valence-corrected chi connectivity index (χ3v) is 6.70. The maximum atomic E-state index is 10.4. The maximum Gasteiger partial charge on any atom is 0.115 e. The van der Waals surface area contributed by atoms with E-state index in [0.29, 0.717) is 23.5 Å². The number of allylic oxidation sites excluding steroid dienone is 5. The zero-order chi connectivity index (χ0) is 13.9. The standard InChI is InChI=1S/C18H24O2/c1-18-9-8-14-13-5-3-12(19)10-11(13)2-4-15(14)16(18)6-7-17(18)20/h2-3,5,10,13-17,19-20H,4,6-9H2,1H3. The van der Waals surface area contributed by atoms with E-state index in [4.69, 9.17) is 0 Å². The van der Waals surface area contributed by atoms with Crippen LogP contribution in [0.25, 0.3) is 0 Å². The van der Waals surface area contributed by atoms with E-state index in [1.54, 1.807) is 0 Å². The minimum Gasteiger partial charge on any atom is -0.508 e. The monoisotopic (exact) mass is 272 g/mol. The van der Waals surface area contributed by atoms with Gasteiger partial charge < -0.3 is 10.2 Å². The minimum atomic E-state index is -0.0929. The van der Waals surface area contributed by atoms with Crippen molar-refractivity contribution in [3.63, 3.8) is 0 Å². The van der Waals surface area contributed by atoms with E-state index in [0.717, 1.165) is 25.2 Å². The SMILES string of the molecule is CC12CCC3C4C=CC(O)=CC4=CCC3C1CCC2O. The van der Waals surface area contributed by atoms with Crippen LogP contribution in [0.3, 0.4) is 0 Å². The van der Waals surface area contributed by atoms with E-state index in [1.165, 1.54) is 18.4 Å². The molecule has 0 aromatic carbocycles. The van der Waals surface area contributed by atoms with Gasteiger partial charge >= 0.3 is 0 Å². The van der Waals surface area contributed by atoms with Crippen molar-refractivity contribution in [3.8, 4) is 0 Å². The molecule has 0 bridgehead atoms. The Morgan fingerprint density at radius 2 is 2.05 bits per heavy atom. The third-order valence-electron chi connectivity index (χ3n) is 6.70. The molecule has 2 fully saturated rings. The molecule has 0 radical (unpaired) electrons. The molecule has 2 heteroatoms. The summed E-state index contributed by atoms with van der Waals surface area (Å²) in [7, 11) is 0. The second kappa shape index (κ2) is 4.24. The third kappa shape index (κ3) is 1.60. The highest BCUT2D eigenvalue weighted by Crippen LogP contribution is 2.60. The van der Waals surface area contributed by atoms with Gasteiger partial charge in [-0.2, -0.15) is 0 Å². The van der Waals surface area contributed by atoms with Gasteiger partial charge in [-0.15, -0.1) is 0 Å². The van der Waals surface area contributed by atoms with Crippen LogP contribution < -0.4 is 0 Å². The Morgan fingerprint density at radius 3 is 2.90 bits per heavy atom. The van der Waals surface area contributed by atoms with Gasteiger partial charge in [0.1, 0.15) is 5.76 Å². The van der Waals surface area contributed by atoms with Crippen LogP contribution in [0, 0.1) is 29.1 Å². The van der Waals surface area contributed by atoms with E-state index in [9.17, 15) is 10.2 Å². The van der Waals surface area contributed by atoms with Crippen LogP contribution >= 0.6 is 0 Å². The van der Waals surface area contributed by atoms with Crippen molar-refractivity contribution < 1.29 is 10.2 Å². The second-order valence-electron chi connectivity index (χ2n) is 7.47. The zero-order valence-electron chi connectivity index (χ0n) is 12.1. The van der Waals surface area contributed by atoms with Crippen LogP contribution in [0.15, 0.2) is 35.6 Å². The lowest BCUT2D eigenvalue weighted by molar-refractivity contribution is -0.0402. The normalized spacial score (nSPS) is 49.8. The summed E-state index contributed by atoms with van der Waals surface area (Å²) in [4.78, 5) is 0. The van der Waals surface area contributed by atoms with Gasteiger partial charge in [0, 0.05) is 5.92 Å². The molecule has 0 aromatic rings. The van der Waals surface area contributed by atoms with Gasteiger partial charge in [0.25, 0.3) is 0 Å². The summed E-state index contributed by atoms with van der Waals surface area (Å²) in [6, 6.07) is 0. The summed E-state index contributed by atoms with van der Waals surface area (Å²) in [5.41, 5.74) is 1.47. The molecular weight excluding hydrogens is 248 g/mol. The van der Waals surface area contributed by atoms with Crippen LogP contribution in [0.5, 0.6) is 0 Å². The molecule has 20 heavy (non-hydrogen) atoms. The molecular formula is C18H24O2. The summed E-state index contributed by atoms with van der Waals surface area (Å²) in [5.74, 6) is 2.99. The molecule has 0 saturated heterocycles. The first-order chi connectivity index (χ1) is 9.59. The first-order valence-electron chi connectivity index (χ1n) is 8.06. The Hall–Kier alpha value is -1.02. The van der Waals surface area contributed by atoms with Gasteiger partial charge in [-0.05, 0) is 73.0 Å². The number of hydrogen-bond acceptors (Lipinski definition) is 2. The summed E-state index contributed by atoms with van der Waals surface area (Å²) >= 11 is 0. The molecule has 6 unspecified atom stereocenters. The molecule has 4 rings (SSSR count). The number of rotatable bonds is 0. The maximum absolute atomic E-state index is 10.4. The van der Waals surface area contributed by atoms with Crippen LogP contribution in [0.4, 0.5) is 0 Å². The highest BCUT2D eigenvalue weighted by molar-refractivity contribution is 5.38. The molecule has 2 saturated carbocycles. The first-order valence-corrected chi connectivity index (χ1v) is 8.06. The quantitative estimate of drug-likeness (QED) is 0.705. The topological polar surface area (TPSA) is 40.5 Å². The van der Waals surface area contributed by atoms with Crippen LogP contribution in [-0.2, 0) is 0 Å². The molecule has 4 aliphatic rings. The minimum absolute atomic E-state index is 0.0929. The van der Waals surface area contributed by atoms with Gasteiger partial charge in [0.15, 0.2) is 0 Å². The average molecular weight is 272 g/mol. The fourth-order valence-corrected chi connectivity index (χ4v) is 5.56. The molecule has 2 nitrogen and oxygen atoms in total. The van der Waals surface area contributed by atoms with E-state index in [1.807, 2.05) is 12.2 Å². The number of aliphatic hydroxyl groups excluding tert-OH is 2. The highest BCUT2D eigenvalue weighted by Gasteiger charge is 2.55. The Labute approximate surface area is 120 Å².